The van der Waals surface area contributed by atoms with Crippen LogP contribution in [0.1, 0.15) is 16.8 Å². The highest BCUT2D eigenvalue weighted by molar-refractivity contribution is 9.10. The van der Waals surface area contributed by atoms with E-state index >= 15 is 0 Å². The topological polar surface area (TPSA) is 52.2 Å². The quantitative estimate of drug-likeness (QED) is 0.195. The molecule has 3 aromatic heterocycles. The fraction of sp³-hybridized carbons (Fsp3) is 0.0333. The molecular formula is C30H18BrF3N4OS. The molecule has 0 spiro atoms. The lowest BCUT2D eigenvalue weighted by atomic mass is 10.0. The van der Waals surface area contributed by atoms with E-state index in [4.69, 9.17) is 5.10 Å². The maximum absolute atomic E-state index is 13.5. The molecule has 0 aliphatic rings. The van der Waals surface area contributed by atoms with E-state index in [1.165, 1.54) is 27.9 Å². The summed E-state index contributed by atoms with van der Waals surface area (Å²) >= 11 is 4.82. The van der Waals surface area contributed by atoms with Crippen LogP contribution in [0.4, 0.5) is 13.2 Å². The van der Waals surface area contributed by atoms with E-state index in [9.17, 15) is 18.0 Å². The van der Waals surface area contributed by atoms with E-state index in [1.807, 2.05) is 66.9 Å². The third-order valence-electron chi connectivity index (χ3n) is 6.28. The summed E-state index contributed by atoms with van der Waals surface area (Å²) in [7, 11) is 0. The fourth-order valence-electron chi connectivity index (χ4n) is 4.37. The van der Waals surface area contributed by atoms with Crippen molar-refractivity contribution >= 4 is 44.4 Å². The summed E-state index contributed by atoms with van der Waals surface area (Å²) in [6.45, 7) is 0. The molecule has 10 heteroatoms. The minimum atomic E-state index is -4.48. The molecule has 0 aliphatic heterocycles. The van der Waals surface area contributed by atoms with Crippen molar-refractivity contribution in [2.24, 2.45) is 0 Å². The van der Waals surface area contributed by atoms with E-state index in [2.05, 4.69) is 20.9 Å². The molecule has 0 unspecified atom stereocenters. The van der Waals surface area contributed by atoms with Crippen LogP contribution in [0.15, 0.2) is 106 Å². The Morgan fingerprint density at radius 3 is 2.40 bits per heavy atom. The average Bonchev–Trinajstić information content (AvgIpc) is 3.60. The van der Waals surface area contributed by atoms with Crippen LogP contribution in [0.25, 0.3) is 45.2 Å². The van der Waals surface area contributed by atoms with Crippen molar-refractivity contribution in [3.8, 4) is 28.1 Å². The number of benzene rings is 3. The first-order valence-corrected chi connectivity index (χ1v) is 13.7. The van der Waals surface area contributed by atoms with E-state index in [0.717, 1.165) is 33.4 Å². The van der Waals surface area contributed by atoms with Gasteiger partial charge in [-0.3, -0.25) is 9.20 Å². The number of alkyl halides is 3. The third-order valence-corrected chi connectivity index (χ3v) is 7.53. The van der Waals surface area contributed by atoms with Crippen LogP contribution in [0, 0.1) is 0 Å². The van der Waals surface area contributed by atoms with E-state index in [0.29, 0.717) is 21.9 Å². The van der Waals surface area contributed by atoms with Gasteiger partial charge in [0, 0.05) is 33.4 Å². The smallest absolute Gasteiger partial charge is 0.268 e. The Morgan fingerprint density at radius 2 is 1.68 bits per heavy atom. The first kappa shape index (κ1) is 26.0. The van der Waals surface area contributed by atoms with Crippen molar-refractivity contribution in [1.29, 1.82) is 0 Å². The second-order valence-corrected chi connectivity index (χ2v) is 10.7. The molecule has 0 aliphatic carbocycles. The Hall–Kier alpha value is -4.28. The number of aromatic nitrogens is 4. The Labute approximate surface area is 238 Å². The Balaban J connectivity index is 1.50. The minimum Gasteiger partial charge on any atom is -0.268 e. The van der Waals surface area contributed by atoms with Crippen LogP contribution >= 0.6 is 27.3 Å². The molecule has 6 aromatic rings. The van der Waals surface area contributed by atoms with Gasteiger partial charge in [0.1, 0.15) is 0 Å². The molecule has 0 radical (unpaired) electrons. The fourth-order valence-corrected chi connectivity index (χ4v) is 5.48. The van der Waals surface area contributed by atoms with Gasteiger partial charge < -0.3 is 0 Å². The van der Waals surface area contributed by atoms with Gasteiger partial charge >= 0.3 is 6.18 Å². The van der Waals surface area contributed by atoms with E-state index in [1.54, 1.807) is 22.3 Å². The molecule has 0 fully saturated rings. The molecule has 0 N–H and O–H groups in total. The van der Waals surface area contributed by atoms with Crippen molar-refractivity contribution < 1.29 is 13.2 Å². The van der Waals surface area contributed by atoms with Crippen molar-refractivity contribution in [1.82, 2.24) is 19.2 Å². The zero-order valence-electron chi connectivity index (χ0n) is 20.5. The van der Waals surface area contributed by atoms with Gasteiger partial charge in [0.05, 0.1) is 28.2 Å². The molecule has 0 atom stereocenters. The maximum Gasteiger partial charge on any atom is 0.416 e. The summed E-state index contributed by atoms with van der Waals surface area (Å²) in [4.78, 5) is 18.6. The SMILES string of the molecule is O=c1c(-c2ccc(C(F)(F)F)cc2)c(/C=C/c2cn(-c3ccccc3)nc2-c2cccc(Br)c2)nc2sccn12. The number of rotatable bonds is 5. The van der Waals surface area contributed by atoms with Gasteiger partial charge in [-0.1, -0.05) is 58.4 Å². The third kappa shape index (κ3) is 5.03. The first-order valence-electron chi connectivity index (χ1n) is 12.0. The first-order chi connectivity index (χ1) is 19.3. The van der Waals surface area contributed by atoms with Crippen LogP contribution in [0.3, 0.4) is 0 Å². The standard InChI is InChI=1S/C30H18BrF3N4OS/c31-23-6-4-5-20(17-23)27-21(18-38(36-27)24-7-2-1-3-8-24)11-14-25-26(28(39)37-15-16-40-29(37)35-25)19-9-12-22(13-10-19)30(32,33)34/h1-18H/b14-11+. The van der Waals surface area contributed by atoms with Crippen molar-refractivity contribution in [3.05, 3.63) is 128 Å². The molecule has 40 heavy (non-hydrogen) atoms. The minimum absolute atomic E-state index is 0.209. The van der Waals surface area contributed by atoms with Crippen molar-refractivity contribution in [2.75, 3.05) is 0 Å². The lowest BCUT2D eigenvalue weighted by molar-refractivity contribution is -0.137. The van der Waals surface area contributed by atoms with Crippen LogP contribution in [-0.4, -0.2) is 19.2 Å². The summed E-state index contributed by atoms with van der Waals surface area (Å²) in [5.74, 6) is 0. The average molecular weight is 619 g/mol. The zero-order valence-corrected chi connectivity index (χ0v) is 22.9. The number of para-hydroxylation sites is 1. The van der Waals surface area contributed by atoms with E-state index in [-0.39, 0.29) is 11.1 Å². The van der Waals surface area contributed by atoms with Gasteiger partial charge in [0.25, 0.3) is 5.56 Å². The summed E-state index contributed by atoms with van der Waals surface area (Å²) < 4.78 is 43.6. The Bertz CT molecular complexity index is 1920. The van der Waals surface area contributed by atoms with Gasteiger partial charge in [0.15, 0.2) is 4.96 Å². The summed E-state index contributed by atoms with van der Waals surface area (Å²) in [5.41, 5.74) is 2.99. The van der Waals surface area contributed by atoms with Gasteiger partial charge in [-0.05, 0) is 54.1 Å². The Kier molecular flexibility index (Phi) is 6.73. The molecule has 3 heterocycles. The van der Waals surface area contributed by atoms with Crippen LogP contribution in [-0.2, 0) is 6.18 Å². The van der Waals surface area contributed by atoms with Gasteiger partial charge in [0.2, 0.25) is 0 Å². The van der Waals surface area contributed by atoms with Crippen molar-refractivity contribution in [3.63, 3.8) is 0 Å². The molecule has 6 rings (SSSR count). The molecule has 0 amide bonds. The highest BCUT2D eigenvalue weighted by Crippen LogP contribution is 2.32. The zero-order chi connectivity index (χ0) is 27.9. The predicted molar refractivity (Wildman–Crippen MR) is 155 cm³/mol. The van der Waals surface area contributed by atoms with Crippen molar-refractivity contribution in [2.45, 2.75) is 6.18 Å². The predicted octanol–water partition coefficient (Wildman–Crippen LogP) is 8.23. The van der Waals surface area contributed by atoms with Crippen LogP contribution < -0.4 is 5.56 Å². The van der Waals surface area contributed by atoms with E-state index < -0.39 is 11.7 Å². The molecule has 0 bridgehead atoms. The van der Waals surface area contributed by atoms with Crippen LogP contribution in [0.5, 0.6) is 0 Å². The number of fused-ring (bicyclic) bond motifs is 1. The molecule has 0 saturated carbocycles. The molecule has 5 nitrogen and oxygen atoms in total. The molecule has 3 aromatic carbocycles. The van der Waals surface area contributed by atoms with Gasteiger partial charge in [-0.25, -0.2) is 9.67 Å². The number of halogens is 4. The summed E-state index contributed by atoms with van der Waals surface area (Å²) in [6.07, 6.45) is 2.54. The summed E-state index contributed by atoms with van der Waals surface area (Å²) in [5, 5.41) is 6.57. The highest BCUT2D eigenvalue weighted by Gasteiger charge is 2.30. The number of thiazole rings is 1. The van der Waals surface area contributed by atoms with Gasteiger partial charge in [-0.2, -0.15) is 18.3 Å². The molecule has 198 valence electrons. The Morgan fingerprint density at radius 1 is 0.900 bits per heavy atom. The van der Waals surface area contributed by atoms with Crippen LogP contribution in [0.2, 0.25) is 0 Å². The molecular weight excluding hydrogens is 601 g/mol. The maximum atomic E-state index is 13.5. The monoisotopic (exact) mass is 618 g/mol. The molecule has 0 saturated heterocycles. The second kappa shape index (κ2) is 10.4. The highest BCUT2D eigenvalue weighted by atomic mass is 79.9. The largest absolute Gasteiger partial charge is 0.416 e. The lowest BCUT2D eigenvalue weighted by Crippen LogP contribution is -2.17. The second-order valence-electron chi connectivity index (χ2n) is 8.86. The number of hydrogen-bond donors (Lipinski definition) is 0. The normalized spacial score (nSPS) is 12.0. The number of nitrogens with zero attached hydrogens (tertiary/aromatic N) is 4. The van der Waals surface area contributed by atoms with Gasteiger partial charge in [-0.15, -0.1) is 11.3 Å². The summed E-state index contributed by atoms with van der Waals surface area (Å²) in [6, 6.07) is 22.0. The number of hydrogen-bond acceptors (Lipinski definition) is 4. The lowest BCUT2D eigenvalue weighted by Gasteiger charge is -2.09.